The first-order valence-corrected chi connectivity index (χ1v) is 15.9. The van der Waals surface area contributed by atoms with Crippen LogP contribution in [0, 0.1) is 50.7 Å². The Hall–Kier alpha value is -1.18. The van der Waals surface area contributed by atoms with Gasteiger partial charge in [-0.2, -0.15) is 8.42 Å². The molecule has 0 aliphatic heterocycles. The van der Waals surface area contributed by atoms with E-state index in [2.05, 4.69) is 47.3 Å². The fourth-order valence-corrected chi connectivity index (χ4v) is 11.3. The molecule has 5 rings (SSSR count). The van der Waals surface area contributed by atoms with E-state index < -0.39 is 21.9 Å². The molecule has 0 radical (unpaired) electrons. The molecule has 6 nitrogen and oxygen atoms in total. The maximum atomic E-state index is 13.4. The van der Waals surface area contributed by atoms with Crippen molar-refractivity contribution in [2.75, 3.05) is 7.11 Å². The van der Waals surface area contributed by atoms with E-state index in [1.54, 1.807) is 7.11 Å². The van der Waals surface area contributed by atoms with E-state index in [1.165, 1.54) is 5.57 Å². The Morgan fingerprint density at radius 1 is 1.05 bits per heavy atom. The smallest absolute Gasteiger partial charge is 0.397 e. The minimum atomic E-state index is -4.56. The van der Waals surface area contributed by atoms with Crippen molar-refractivity contribution in [3.05, 3.63) is 23.8 Å². The predicted octanol–water partition coefficient (Wildman–Crippen LogP) is 6.93. The molecule has 214 valence electrons. The summed E-state index contributed by atoms with van der Waals surface area (Å²) in [6, 6.07) is 0. The molecule has 5 aliphatic carbocycles. The van der Waals surface area contributed by atoms with Crippen molar-refractivity contribution in [2.45, 2.75) is 105 Å². The third-order valence-corrected chi connectivity index (χ3v) is 13.3. The van der Waals surface area contributed by atoms with Crippen molar-refractivity contribution < 1.29 is 26.7 Å². The second-order valence-electron chi connectivity index (χ2n) is 15.1. The summed E-state index contributed by atoms with van der Waals surface area (Å²) < 4.78 is 44.0. The molecule has 0 spiro atoms. The largest absolute Gasteiger partial charge is 0.469 e. The Bertz CT molecular complexity index is 1170. The number of hydrogen-bond acceptors (Lipinski definition) is 5. The van der Waals surface area contributed by atoms with Gasteiger partial charge in [-0.1, -0.05) is 58.4 Å². The minimum absolute atomic E-state index is 0.0127. The SMILES string of the molecule is C=C(C)[C@H]1[C@@H](OS(=O)(=O)O)C[C@]2(C)[C@H]3CC=C4[C@@H]5CC(C)(C)CC[C@]5(C(=O)OC)CC[C@@]4(C)[C@]3(C)CC[C@@H]12. The Kier molecular flexibility index (Phi) is 6.46. The van der Waals surface area contributed by atoms with Crippen LogP contribution < -0.4 is 0 Å². The highest BCUT2D eigenvalue weighted by molar-refractivity contribution is 7.80. The first kappa shape index (κ1) is 28.4. The third kappa shape index (κ3) is 3.84. The van der Waals surface area contributed by atoms with Gasteiger partial charge in [0.25, 0.3) is 0 Å². The molecule has 1 N–H and O–H groups in total. The fraction of sp³-hybridized carbons (Fsp3) is 0.839. The van der Waals surface area contributed by atoms with Gasteiger partial charge in [-0.25, -0.2) is 4.18 Å². The van der Waals surface area contributed by atoms with Gasteiger partial charge in [-0.3, -0.25) is 9.35 Å². The maximum Gasteiger partial charge on any atom is 0.397 e. The molecule has 0 heterocycles. The van der Waals surface area contributed by atoms with Crippen molar-refractivity contribution in [1.82, 2.24) is 0 Å². The Morgan fingerprint density at radius 2 is 1.71 bits per heavy atom. The first-order valence-electron chi connectivity index (χ1n) is 14.5. The number of esters is 1. The number of allylic oxidation sites excluding steroid dienone is 2. The number of hydrogen-bond donors (Lipinski definition) is 1. The molecule has 0 aromatic rings. The van der Waals surface area contributed by atoms with E-state index in [0.717, 1.165) is 56.9 Å². The van der Waals surface area contributed by atoms with Crippen LogP contribution in [-0.2, 0) is 24.1 Å². The summed E-state index contributed by atoms with van der Waals surface area (Å²) in [5, 5.41) is 0. The van der Waals surface area contributed by atoms with Crippen molar-refractivity contribution in [3.8, 4) is 0 Å². The molecule has 7 heteroatoms. The van der Waals surface area contributed by atoms with Crippen molar-refractivity contribution in [3.63, 3.8) is 0 Å². The average Bonchev–Trinajstić information content (AvgIpc) is 3.08. The molecule has 0 aromatic carbocycles. The van der Waals surface area contributed by atoms with Gasteiger partial charge in [0.05, 0.1) is 18.6 Å². The number of rotatable bonds is 4. The molecule has 0 saturated heterocycles. The number of fused-ring (bicyclic) bond motifs is 7. The van der Waals surface area contributed by atoms with E-state index in [0.29, 0.717) is 12.3 Å². The predicted molar refractivity (Wildman–Crippen MR) is 147 cm³/mol. The van der Waals surface area contributed by atoms with E-state index in [9.17, 15) is 17.8 Å². The molecule has 0 unspecified atom stereocenters. The summed E-state index contributed by atoms with van der Waals surface area (Å²) in [5.74, 6) is 0.677. The lowest BCUT2D eigenvalue weighted by molar-refractivity contribution is -0.174. The Labute approximate surface area is 230 Å². The van der Waals surface area contributed by atoms with Crippen LogP contribution >= 0.6 is 0 Å². The van der Waals surface area contributed by atoms with Crippen molar-refractivity contribution in [2.24, 2.45) is 50.7 Å². The quantitative estimate of drug-likeness (QED) is 0.233. The summed E-state index contributed by atoms with van der Waals surface area (Å²) in [5.41, 5.74) is 2.00. The molecule has 38 heavy (non-hydrogen) atoms. The van der Waals surface area contributed by atoms with Crippen LogP contribution in [-0.4, -0.2) is 32.2 Å². The maximum absolute atomic E-state index is 13.4. The van der Waals surface area contributed by atoms with Gasteiger partial charge in [-0.05, 0) is 104 Å². The van der Waals surface area contributed by atoms with Gasteiger partial charge >= 0.3 is 16.4 Å². The zero-order valence-electron chi connectivity index (χ0n) is 24.4. The second kappa shape index (κ2) is 8.66. The molecule has 4 saturated carbocycles. The Morgan fingerprint density at radius 3 is 2.32 bits per heavy atom. The van der Waals surface area contributed by atoms with E-state index >= 15 is 0 Å². The molecule has 0 aromatic heterocycles. The summed E-state index contributed by atoms with van der Waals surface area (Å²) in [4.78, 5) is 13.4. The highest BCUT2D eigenvalue weighted by Gasteiger charge is 2.70. The summed E-state index contributed by atoms with van der Waals surface area (Å²) >= 11 is 0. The number of carbonyl (C=O) groups is 1. The summed E-state index contributed by atoms with van der Waals surface area (Å²) in [7, 11) is -3.02. The topological polar surface area (TPSA) is 89.9 Å². The first-order chi connectivity index (χ1) is 17.4. The number of carbonyl (C=O) groups excluding carboxylic acids is 1. The molecule has 5 aliphatic rings. The van der Waals surface area contributed by atoms with Crippen LogP contribution in [0.3, 0.4) is 0 Å². The van der Waals surface area contributed by atoms with E-state index in [1.807, 2.05) is 6.92 Å². The van der Waals surface area contributed by atoms with Crippen LogP contribution in [0.25, 0.3) is 0 Å². The molecule has 0 bridgehead atoms. The van der Waals surface area contributed by atoms with E-state index in [4.69, 9.17) is 8.92 Å². The van der Waals surface area contributed by atoms with Crippen LogP contribution in [0.4, 0.5) is 0 Å². The van der Waals surface area contributed by atoms with Gasteiger partial charge in [0, 0.05) is 5.92 Å². The van der Waals surface area contributed by atoms with Crippen LogP contribution in [0.1, 0.15) is 99.3 Å². The lowest BCUT2D eigenvalue weighted by Gasteiger charge is -2.68. The third-order valence-electron chi connectivity index (χ3n) is 12.9. The van der Waals surface area contributed by atoms with Crippen LogP contribution in [0.5, 0.6) is 0 Å². The Balaban J connectivity index is 1.58. The van der Waals surface area contributed by atoms with Crippen molar-refractivity contribution in [1.29, 1.82) is 0 Å². The lowest BCUT2D eigenvalue weighted by Crippen LogP contribution is -2.61. The summed E-state index contributed by atoms with van der Waals surface area (Å²) in [6.07, 6.45) is 10.2. The standard InChI is InChI=1S/C31H48O6S/c1-19(2)25-21-11-12-30(7)24(28(21,5)18-23(25)37-38(33,34)35)10-9-20-22-17-27(3,4)13-15-31(22,26(32)36-8)16-14-29(20,30)6/h9,21-25H,1,10-18H2,2-8H3,(H,33,34,35)/t21-,22-,23-,24+,25+,28-,29+,30+,31-/m0/s1. The monoisotopic (exact) mass is 548 g/mol. The van der Waals surface area contributed by atoms with Crippen LogP contribution in [0.15, 0.2) is 23.8 Å². The molecular weight excluding hydrogens is 500 g/mol. The van der Waals surface area contributed by atoms with Gasteiger partial charge in [0.1, 0.15) is 0 Å². The van der Waals surface area contributed by atoms with Gasteiger partial charge in [-0.15, -0.1) is 0 Å². The molecule has 4 fully saturated rings. The van der Waals surface area contributed by atoms with Crippen LogP contribution in [0.2, 0.25) is 0 Å². The van der Waals surface area contributed by atoms with Gasteiger partial charge < -0.3 is 4.74 Å². The number of ether oxygens (including phenoxy) is 1. The number of methoxy groups -OCH3 is 1. The highest BCUT2D eigenvalue weighted by Crippen LogP contribution is 2.76. The van der Waals surface area contributed by atoms with E-state index in [-0.39, 0.29) is 45.4 Å². The van der Waals surface area contributed by atoms with Crippen molar-refractivity contribution >= 4 is 16.4 Å². The highest BCUT2D eigenvalue weighted by atomic mass is 32.3. The fourth-order valence-electron chi connectivity index (χ4n) is 10.8. The molecule has 9 atom stereocenters. The zero-order chi connectivity index (χ0) is 28.1. The van der Waals surface area contributed by atoms with Gasteiger partial charge in [0.2, 0.25) is 0 Å². The average molecular weight is 549 g/mol. The summed E-state index contributed by atoms with van der Waals surface area (Å²) in [6.45, 7) is 18.1. The molecule has 0 amide bonds. The second-order valence-corrected chi connectivity index (χ2v) is 16.1. The normalized spacial score (nSPS) is 47.6. The minimum Gasteiger partial charge on any atom is -0.469 e. The van der Waals surface area contributed by atoms with Gasteiger partial charge in [0.15, 0.2) is 0 Å². The zero-order valence-corrected chi connectivity index (χ0v) is 25.2. The lowest BCUT2D eigenvalue weighted by atomic mass is 9.36. The molecular formula is C31H48O6S.